The Bertz CT molecular complexity index is 410. The maximum atomic E-state index is 9.01. The van der Waals surface area contributed by atoms with Gasteiger partial charge in [0.15, 0.2) is 0 Å². The van der Waals surface area contributed by atoms with Gasteiger partial charge >= 0.3 is 0 Å². The predicted octanol–water partition coefficient (Wildman–Crippen LogP) is 2.30. The van der Waals surface area contributed by atoms with Gasteiger partial charge in [0, 0.05) is 13.2 Å². The largest absolute Gasteiger partial charge is 0.381 e. The molecule has 1 aliphatic rings. The summed E-state index contributed by atoms with van der Waals surface area (Å²) in [5, 5.41) is 13.3. The highest BCUT2D eigenvalue weighted by atomic mass is 32.1. The minimum Gasteiger partial charge on any atom is -0.381 e. The predicted molar refractivity (Wildman–Crippen MR) is 63.6 cm³/mol. The van der Waals surface area contributed by atoms with Crippen LogP contribution in [0.5, 0.6) is 0 Å². The fraction of sp³-hybridized carbons (Fsp3) is 0.636. The van der Waals surface area contributed by atoms with Crippen LogP contribution in [0.2, 0.25) is 0 Å². The van der Waals surface area contributed by atoms with Gasteiger partial charge in [0.25, 0.3) is 0 Å². The Balaban J connectivity index is 2.02. The second-order valence-electron chi connectivity index (χ2n) is 4.10. The van der Waals surface area contributed by atoms with Crippen LogP contribution in [0.15, 0.2) is 0 Å². The molecule has 1 saturated carbocycles. The first-order valence-electron chi connectivity index (χ1n) is 5.40. The van der Waals surface area contributed by atoms with Gasteiger partial charge in [-0.15, -0.1) is 0 Å². The van der Waals surface area contributed by atoms with Gasteiger partial charge in [0.2, 0.25) is 0 Å². The molecule has 0 saturated heterocycles. The average Bonchev–Trinajstić information content (AvgIpc) is 2.86. The first-order chi connectivity index (χ1) is 7.74. The number of rotatable bonds is 3. The van der Waals surface area contributed by atoms with E-state index in [0.29, 0.717) is 17.7 Å². The molecule has 0 bridgehead atoms. The quantitative estimate of drug-likeness (QED) is 0.876. The summed E-state index contributed by atoms with van der Waals surface area (Å²) in [5.74, 6) is 0. The molecule has 0 amide bonds. The fourth-order valence-electron chi connectivity index (χ4n) is 2.07. The molecule has 0 spiro atoms. The molecule has 2 rings (SSSR count). The van der Waals surface area contributed by atoms with Crippen molar-refractivity contribution in [2.75, 3.05) is 12.4 Å². The summed E-state index contributed by atoms with van der Waals surface area (Å²) in [6, 6.07) is 2.61. The number of hydrogen-bond donors (Lipinski definition) is 1. The number of aryl methyl sites for hydroxylation is 1. The molecule has 1 aromatic rings. The smallest absolute Gasteiger partial charge is 0.127 e. The Morgan fingerprint density at radius 2 is 2.38 bits per heavy atom. The number of ether oxygens (including phenoxy) is 1. The van der Waals surface area contributed by atoms with E-state index in [4.69, 9.17) is 10.00 Å². The summed E-state index contributed by atoms with van der Waals surface area (Å²) < 4.78 is 9.52. The minimum absolute atomic E-state index is 0.358. The molecular formula is C11H15N3OS. The summed E-state index contributed by atoms with van der Waals surface area (Å²) in [6.07, 6.45) is 3.56. The molecule has 4 nitrogen and oxygen atoms in total. The van der Waals surface area contributed by atoms with Crippen molar-refractivity contribution < 1.29 is 4.74 Å². The lowest BCUT2D eigenvalue weighted by Gasteiger charge is -2.12. The van der Waals surface area contributed by atoms with Gasteiger partial charge in [-0.2, -0.15) is 9.64 Å². The number of aromatic nitrogens is 1. The Morgan fingerprint density at radius 1 is 1.56 bits per heavy atom. The number of hydrogen-bond acceptors (Lipinski definition) is 5. The molecule has 1 fully saturated rings. The third-order valence-corrected chi connectivity index (χ3v) is 3.90. The van der Waals surface area contributed by atoms with Crippen molar-refractivity contribution in [3.8, 4) is 6.07 Å². The van der Waals surface area contributed by atoms with Crippen molar-refractivity contribution in [1.82, 2.24) is 4.37 Å². The van der Waals surface area contributed by atoms with Crippen molar-refractivity contribution in [3.63, 3.8) is 0 Å². The van der Waals surface area contributed by atoms with Crippen molar-refractivity contribution in [2.45, 2.75) is 38.3 Å². The maximum Gasteiger partial charge on any atom is 0.127 e. The van der Waals surface area contributed by atoms with Gasteiger partial charge in [-0.1, -0.05) is 0 Å². The van der Waals surface area contributed by atoms with E-state index in [-0.39, 0.29) is 0 Å². The maximum absolute atomic E-state index is 9.01. The van der Waals surface area contributed by atoms with E-state index in [9.17, 15) is 0 Å². The van der Waals surface area contributed by atoms with E-state index in [1.807, 2.05) is 6.92 Å². The van der Waals surface area contributed by atoms with Crippen LogP contribution < -0.4 is 5.32 Å². The highest BCUT2D eigenvalue weighted by molar-refractivity contribution is 7.10. The molecule has 86 valence electrons. The Kier molecular flexibility index (Phi) is 3.42. The molecule has 1 heterocycles. The summed E-state index contributed by atoms with van der Waals surface area (Å²) >= 11 is 1.37. The van der Waals surface area contributed by atoms with Gasteiger partial charge in [0.05, 0.1) is 11.8 Å². The first kappa shape index (κ1) is 11.4. The van der Waals surface area contributed by atoms with E-state index in [2.05, 4.69) is 15.8 Å². The van der Waals surface area contributed by atoms with Gasteiger partial charge < -0.3 is 10.1 Å². The molecule has 16 heavy (non-hydrogen) atoms. The highest BCUT2D eigenvalue weighted by Crippen LogP contribution is 2.29. The molecule has 1 N–H and O–H groups in total. The summed E-state index contributed by atoms with van der Waals surface area (Å²) in [4.78, 5) is 0. The molecule has 0 aromatic carbocycles. The minimum atomic E-state index is 0.358. The van der Waals surface area contributed by atoms with Crippen LogP contribution in [0.3, 0.4) is 0 Å². The highest BCUT2D eigenvalue weighted by Gasteiger charge is 2.25. The van der Waals surface area contributed by atoms with Crippen LogP contribution in [0.25, 0.3) is 0 Å². The topological polar surface area (TPSA) is 57.9 Å². The molecule has 1 aromatic heterocycles. The van der Waals surface area contributed by atoms with Crippen LogP contribution in [0.4, 0.5) is 5.00 Å². The van der Waals surface area contributed by atoms with Gasteiger partial charge in [-0.25, -0.2) is 0 Å². The Hall–Kier alpha value is -1.12. The fourth-order valence-corrected chi connectivity index (χ4v) is 2.89. The number of methoxy groups -OCH3 is 1. The molecular weight excluding hydrogens is 222 g/mol. The summed E-state index contributed by atoms with van der Waals surface area (Å²) in [6.45, 7) is 1.87. The van der Waals surface area contributed by atoms with Crippen LogP contribution in [-0.4, -0.2) is 23.6 Å². The summed E-state index contributed by atoms with van der Waals surface area (Å²) in [5.41, 5.74) is 1.50. The third kappa shape index (κ3) is 2.18. The van der Waals surface area contributed by atoms with Crippen molar-refractivity contribution in [3.05, 3.63) is 11.3 Å². The van der Waals surface area contributed by atoms with E-state index >= 15 is 0 Å². The van der Waals surface area contributed by atoms with Crippen LogP contribution in [0.1, 0.15) is 30.5 Å². The standard InChI is InChI=1S/C11H15N3OS/c1-7-10(6-12)11(16-14-7)13-8-3-4-9(5-8)15-2/h8-9,13H,3-5H2,1-2H3. The summed E-state index contributed by atoms with van der Waals surface area (Å²) in [7, 11) is 1.75. The number of anilines is 1. The van der Waals surface area contributed by atoms with Crippen molar-refractivity contribution in [2.24, 2.45) is 0 Å². The van der Waals surface area contributed by atoms with E-state index in [0.717, 1.165) is 30.0 Å². The second-order valence-corrected chi connectivity index (χ2v) is 4.87. The van der Waals surface area contributed by atoms with E-state index in [1.54, 1.807) is 7.11 Å². The van der Waals surface area contributed by atoms with Crippen LogP contribution >= 0.6 is 11.5 Å². The monoisotopic (exact) mass is 237 g/mol. The van der Waals surface area contributed by atoms with Gasteiger partial charge in [-0.05, 0) is 37.7 Å². The van der Waals surface area contributed by atoms with E-state index in [1.165, 1.54) is 11.5 Å². The van der Waals surface area contributed by atoms with Gasteiger partial charge in [0.1, 0.15) is 16.6 Å². The number of nitrogens with zero attached hydrogens (tertiary/aromatic N) is 2. The second kappa shape index (κ2) is 4.81. The normalized spacial score (nSPS) is 24.3. The SMILES string of the molecule is COC1CCC(Nc2snc(C)c2C#N)C1. The van der Waals surface area contributed by atoms with Gasteiger partial charge in [-0.3, -0.25) is 0 Å². The van der Waals surface area contributed by atoms with Crippen LogP contribution in [-0.2, 0) is 4.74 Å². The lowest BCUT2D eigenvalue weighted by atomic mass is 10.2. The number of nitrogens with one attached hydrogen (secondary N) is 1. The molecule has 5 heteroatoms. The zero-order valence-corrected chi connectivity index (χ0v) is 10.3. The zero-order chi connectivity index (χ0) is 11.5. The Labute approximate surface area is 99.4 Å². The first-order valence-corrected chi connectivity index (χ1v) is 6.17. The lowest BCUT2D eigenvalue weighted by Crippen LogP contribution is -2.17. The molecule has 2 atom stereocenters. The molecule has 0 aliphatic heterocycles. The lowest BCUT2D eigenvalue weighted by molar-refractivity contribution is 0.108. The molecule has 0 radical (unpaired) electrons. The zero-order valence-electron chi connectivity index (χ0n) is 9.49. The van der Waals surface area contributed by atoms with Crippen molar-refractivity contribution in [1.29, 1.82) is 5.26 Å². The average molecular weight is 237 g/mol. The third-order valence-electron chi connectivity index (χ3n) is 3.03. The molecule has 1 aliphatic carbocycles. The Morgan fingerprint density at radius 3 is 3.00 bits per heavy atom. The van der Waals surface area contributed by atoms with Crippen molar-refractivity contribution >= 4 is 16.5 Å². The number of nitriles is 1. The molecule has 2 unspecified atom stereocenters. The van der Waals surface area contributed by atoms with Crippen LogP contribution in [0, 0.1) is 18.3 Å². The van der Waals surface area contributed by atoms with E-state index < -0.39 is 0 Å².